The van der Waals surface area contributed by atoms with Crippen molar-refractivity contribution >= 4 is 5.91 Å². The van der Waals surface area contributed by atoms with E-state index in [0.717, 1.165) is 44.8 Å². The first-order chi connectivity index (χ1) is 10.7. The first-order valence-electron chi connectivity index (χ1n) is 7.76. The van der Waals surface area contributed by atoms with Gasteiger partial charge in [-0.3, -0.25) is 9.69 Å². The molecule has 1 aliphatic rings. The Morgan fingerprint density at radius 2 is 1.91 bits per heavy atom. The highest BCUT2D eigenvalue weighted by Gasteiger charge is 2.09. The molecule has 2 N–H and O–H groups in total. The van der Waals surface area contributed by atoms with E-state index >= 15 is 0 Å². The quantitative estimate of drug-likeness (QED) is 0.683. The lowest BCUT2D eigenvalue weighted by Crippen LogP contribution is -2.43. The van der Waals surface area contributed by atoms with Crippen LogP contribution >= 0.6 is 0 Å². The summed E-state index contributed by atoms with van der Waals surface area (Å²) < 4.78 is 18.0. The molecule has 1 saturated heterocycles. The van der Waals surface area contributed by atoms with E-state index in [9.17, 15) is 9.18 Å². The topological polar surface area (TPSA) is 53.6 Å². The second kappa shape index (κ2) is 9.50. The van der Waals surface area contributed by atoms with E-state index < -0.39 is 0 Å². The predicted molar refractivity (Wildman–Crippen MR) is 83.2 cm³/mol. The highest BCUT2D eigenvalue weighted by Crippen LogP contribution is 2.02. The van der Waals surface area contributed by atoms with Crippen molar-refractivity contribution in [1.29, 1.82) is 0 Å². The Morgan fingerprint density at radius 1 is 1.18 bits per heavy atom. The van der Waals surface area contributed by atoms with Crippen LogP contribution in [0.1, 0.15) is 5.56 Å². The van der Waals surface area contributed by atoms with Gasteiger partial charge in [0, 0.05) is 26.2 Å². The Bertz CT molecular complexity index is 447. The van der Waals surface area contributed by atoms with E-state index in [1.165, 1.54) is 12.1 Å². The summed E-state index contributed by atoms with van der Waals surface area (Å²) in [4.78, 5) is 14.0. The summed E-state index contributed by atoms with van der Waals surface area (Å²) in [5.41, 5.74) is 1.06. The van der Waals surface area contributed by atoms with Crippen LogP contribution in [0.5, 0.6) is 0 Å². The van der Waals surface area contributed by atoms with E-state index in [-0.39, 0.29) is 11.7 Å². The van der Waals surface area contributed by atoms with Crippen molar-refractivity contribution in [3.63, 3.8) is 0 Å². The van der Waals surface area contributed by atoms with Gasteiger partial charge >= 0.3 is 0 Å². The molecule has 1 aromatic carbocycles. The minimum atomic E-state index is -0.226. The van der Waals surface area contributed by atoms with E-state index in [4.69, 9.17) is 4.74 Å². The third kappa shape index (κ3) is 6.51. The molecule has 0 saturated carbocycles. The lowest BCUT2D eigenvalue weighted by Gasteiger charge is -2.26. The van der Waals surface area contributed by atoms with Crippen molar-refractivity contribution in [2.75, 3.05) is 52.5 Å². The summed E-state index contributed by atoms with van der Waals surface area (Å²) in [6.07, 6.45) is 0.779. The number of hydrogen-bond acceptors (Lipinski definition) is 4. The molecule has 6 heteroatoms. The predicted octanol–water partition coefficient (Wildman–Crippen LogP) is 0.406. The second-order valence-corrected chi connectivity index (χ2v) is 5.36. The molecule has 1 amide bonds. The minimum absolute atomic E-state index is 0.00682. The summed E-state index contributed by atoms with van der Waals surface area (Å²) in [6, 6.07) is 6.43. The van der Waals surface area contributed by atoms with Gasteiger partial charge in [-0.25, -0.2) is 4.39 Å². The van der Waals surface area contributed by atoms with Crippen molar-refractivity contribution in [3.05, 3.63) is 35.6 Å². The van der Waals surface area contributed by atoms with E-state index in [0.29, 0.717) is 19.6 Å². The molecule has 0 aliphatic carbocycles. The number of carbonyl (C=O) groups excluding carboxylic acids is 1. The number of carbonyl (C=O) groups is 1. The molecule has 1 heterocycles. The summed E-state index contributed by atoms with van der Waals surface area (Å²) in [5, 5.41) is 6.00. The van der Waals surface area contributed by atoms with Crippen molar-refractivity contribution in [1.82, 2.24) is 15.5 Å². The molecule has 0 atom stereocenters. The zero-order valence-corrected chi connectivity index (χ0v) is 12.8. The number of nitrogens with one attached hydrogen (secondary N) is 2. The third-order valence-electron chi connectivity index (χ3n) is 3.64. The van der Waals surface area contributed by atoms with Gasteiger partial charge in [-0.1, -0.05) is 12.1 Å². The maximum Gasteiger partial charge on any atom is 0.234 e. The van der Waals surface area contributed by atoms with Crippen LogP contribution < -0.4 is 10.6 Å². The molecule has 2 rings (SSSR count). The molecular formula is C16H24FN3O2. The molecule has 1 aliphatic heterocycles. The van der Waals surface area contributed by atoms with Crippen molar-refractivity contribution < 1.29 is 13.9 Å². The number of benzene rings is 1. The SMILES string of the molecule is O=C(CNCCc1ccc(F)cc1)NCCN1CCOCC1. The highest BCUT2D eigenvalue weighted by atomic mass is 19.1. The Kier molecular flexibility index (Phi) is 7.28. The fourth-order valence-corrected chi connectivity index (χ4v) is 2.33. The van der Waals surface area contributed by atoms with Gasteiger partial charge in [-0.2, -0.15) is 0 Å². The highest BCUT2D eigenvalue weighted by molar-refractivity contribution is 5.77. The molecule has 1 aromatic rings. The molecule has 0 spiro atoms. The lowest BCUT2D eigenvalue weighted by molar-refractivity contribution is -0.120. The lowest BCUT2D eigenvalue weighted by atomic mass is 10.1. The van der Waals surface area contributed by atoms with E-state index in [1.807, 2.05) is 0 Å². The van der Waals surface area contributed by atoms with Crippen LogP contribution in [-0.2, 0) is 16.0 Å². The van der Waals surface area contributed by atoms with Gasteiger partial charge in [0.15, 0.2) is 0 Å². The zero-order chi connectivity index (χ0) is 15.6. The van der Waals surface area contributed by atoms with Crippen LogP contribution in [0.25, 0.3) is 0 Å². The third-order valence-corrected chi connectivity index (χ3v) is 3.64. The molecule has 22 heavy (non-hydrogen) atoms. The summed E-state index contributed by atoms with van der Waals surface area (Å²) >= 11 is 0. The van der Waals surface area contributed by atoms with Gasteiger partial charge in [-0.15, -0.1) is 0 Å². The van der Waals surface area contributed by atoms with Gasteiger partial charge in [0.2, 0.25) is 5.91 Å². The second-order valence-electron chi connectivity index (χ2n) is 5.36. The number of hydrogen-bond donors (Lipinski definition) is 2. The smallest absolute Gasteiger partial charge is 0.234 e. The standard InChI is InChI=1S/C16H24FN3O2/c17-15-3-1-14(2-4-15)5-6-18-13-16(21)19-7-8-20-9-11-22-12-10-20/h1-4,18H,5-13H2,(H,19,21). The molecule has 0 unspecified atom stereocenters. The maximum absolute atomic E-state index is 12.8. The van der Waals surface area contributed by atoms with Gasteiger partial charge in [0.25, 0.3) is 0 Å². The van der Waals surface area contributed by atoms with Crippen LogP contribution in [0.4, 0.5) is 4.39 Å². The van der Waals surface area contributed by atoms with Crippen LogP contribution in [-0.4, -0.2) is 63.3 Å². The fraction of sp³-hybridized carbons (Fsp3) is 0.562. The number of rotatable bonds is 8. The number of ether oxygens (including phenoxy) is 1. The fourth-order valence-electron chi connectivity index (χ4n) is 2.33. The minimum Gasteiger partial charge on any atom is -0.379 e. The number of halogens is 1. The number of morpholine rings is 1. The van der Waals surface area contributed by atoms with Gasteiger partial charge in [0.05, 0.1) is 19.8 Å². The zero-order valence-electron chi connectivity index (χ0n) is 12.8. The molecule has 122 valence electrons. The summed E-state index contributed by atoms with van der Waals surface area (Å²) in [7, 11) is 0. The van der Waals surface area contributed by atoms with Crippen molar-refractivity contribution in [3.8, 4) is 0 Å². The summed E-state index contributed by atoms with van der Waals surface area (Å²) in [5.74, 6) is -0.219. The molecule has 5 nitrogen and oxygen atoms in total. The normalized spacial score (nSPS) is 15.7. The van der Waals surface area contributed by atoms with Crippen LogP contribution in [0.3, 0.4) is 0 Å². The number of amides is 1. The van der Waals surface area contributed by atoms with Crippen LogP contribution in [0.2, 0.25) is 0 Å². The number of nitrogens with zero attached hydrogens (tertiary/aromatic N) is 1. The van der Waals surface area contributed by atoms with Crippen molar-refractivity contribution in [2.24, 2.45) is 0 Å². The van der Waals surface area contributed by atoms with Gasteiger partial charge < -0.3 is 15.4 Å². The van der Waals surface area contributed by atoms with Crippen LogP contribution in [0.15, 0.2) is 24.3 Å². The first-order valence-corrected chi connectivity index (χ1v) is 7.76. The Balaban J connectivity index is 1.49. The molecule has 0 bridgehead atoms. The first kappa shape index (κ1) is 16.9. The average molecular weight is 309 g/mol. The Labute approximate surface area is 130 Å². The molecular weight excluding hydrogens is 285 g/mol. The Morgan fingerprint density at radius 3 is 2.64 bits per heavy atom. The summed E-state index contributed by atoms with van der Waals surface area (Å²) in [6.45, 7) is 5.96. The average Bonchev–Trinajstić information content (AvgIpc) is 2.54. The molecule has 1 fully saturated rings. The molecule has 0 aromatic heterocycles. The van der Waals surface area contributed by atoms with Gasteiger partial charge in [-0.05, 0) is 30.7 Å². The van der Waals surface area contributed by atoms with Gasteiger partial charge in [0.1, 0.15) is 5.82 Å². The Hall–Kier alpha value is -1.50. The van der Waals surface area contributed by atoms with Crippen LogP contribution in [0, 0.1) is 5.82 Å². The van der Waals surface area contributed by atoms with E-state index in [2.05, 4.69) is 15.5 Å². The van der Waals surface area contributed by atoms with E-state index in [1.54, 1.807) is 12.1 Å². The molecule has 0 radical (unpaired) electrons. The maximum atomic E-state index is 12.8. The monoisotopic (exact) mass is 309 g/mol. The van der Waals surface area contributed by atoms with Crippen molar-refractivity contribution in [2.45, 2.75) is 6.42 Å². The largest absolute Gasteiger partial charge is 0.379 e.